The van der Waals surface area contributed by atoms with Crippen LogP contribution < -0.4 is 0 Å². The Morgan fingerprint density at radius 3 is 2.60 bits per heavy atom. The number of hydrogen-bond donors (Lipinski definition) is 0. The Balaban J connectivity index is 2.85. The van der Waals surface area contributed by atoms with Crippen LogP contribution in [0.15, 0.2) is 18.5 Å². The summed E-state index contributed by atoms with van der Waals surface area (Å²) in [6, 6.07) is 3.41. The van der Waals surface area contributed by atoms with Gasteiger partial charge in [-0.15, -0.1) is 0 Å². The molecule has 0 aliphatic carbocycles. The molecule has 2 aromatic rings. The largest absolute Gasteiger partial charge is 0.240 e. The maximum atomic E-state index is 13.8. The van der Waals surface area contributed by atoms with Gasteiger partial charge in [-0.3, -0.25) is 0 Å². The van der Waals surface area contributed by atoms with Crippen molar-refractivity contribution in [3.05, 3.63) is 35.5 Å². The molecule has 0 bridgehead atoms. The average Bonchev–Trinajstić information content (AvgIpc) is 2.16. The quantitative estimate of drug-likeness (QED) is 0.712. The molecule has 2 nitrogen and oxygen atoms in total. The smallest absolute Gasteiger partial charge is 0.134 e. The maximum absolute atomic E-state index is 13.8. The van der Waals surface area contributed by atoms with E-state index < -0.39 is 0 Å². The third-order valence-electron chi connectivity index (χ3n) is 2.41. The highest BCUT2D eigenvalue weighted by Gasteiger charge is 2.12. The monoisotopic (exact) mass is 204 g/mol. The minimum Gasteiger partial charge on any atom is -0.240 e. The summed E-state index contributed by atoms with van der Waals surface area (Å²) >= 11 is 0. The van der Waals surface area contributed by atoms with Gasteiger partial charge in [0.25, 0.3) is 0 Å². The number of aromatic nitrogens is 2. The molecule has 0 unspecified atom stereocenters. The van der Waals surface area contributed by atoms with Gasteiger partial charge in [0.15, 0.2) is 0 Å². The van der Waals surface area contributed by atoms with E-state index in [-0.39, 0.29) is 11.7 Å². The molecule has 0 amide bonds. The van der Waals surface area contributed by atoms with Gasteiger partial charge in [0.05, 0.1) is 16.6 Å². The zero-order valence-corrected chi connectivity index (χ0v) is 9.08. The third kappa shape index (κ3) is 1.69. The van der Waals surface area contributed by atoms with Crippen LogP contribution in [-0.2, 0) is 0 Å². The fourth-order valence-electron chi connectivity index (χ4n) is 1.73. The molecule has 2 rings (SSSR count). The van der Waals surface area contributed by atoms with Crippen molar-refractivity contribution in [3.8, 4) is 0 Å². The Kier molecular flexibility index (Phi) is 2.39. The van der Waals surface area contributed by atoms with E-state index in [1.54, 1.807) is 0 Å². The lowest BCUT2D eigenvalue weighted by Crippen LogP contribution is -1.98. The van der Waals surface area contributed by atoms with Gasteiger partial charge < -0.3 is 0 Å². The Labute approximate surface area is 88.2 Å². The molecule has 0 saturated carbocycles. The van der Waals surface area contributed by atoms with Crippen LogP contribution in [0.3, 0.4) is 0 Å². The molecule has 0 aliphatic heterocycles. The molecule has 1 aromatic carbocycles. The second-order valence-electron chi connectivity index (χ2n) is 4.05. The van der Waals surface area contributed by atoms with Gasteiger partial charge in [0.2, 0.25) is 0 Å². The van der Waals surface area contributed by atoms with Crippen LogP contribution in [-0.4, -0.2) is 9.97 Å². The van der Waals surface area contributed by atoms with Crippen molar-refractivity contribution in [2.45, 2.75) is 26.7 Å². The molecule has 0 saturated heterocycles. The highest BCUT2D eigenvalue weighted by Crippen LogP contribution is 2.25. The molecule has 0 N–H and O–H groups in total. The van der Waals surface area contributed by atoms with Gasteiger partial charge >= 0.3 is 0 Å². The fourth-order valence-corrected chi connectivity index (χ4v) is 1.73. The molecule has 0 spiro atoms. The van der Waals surface area contributed by atoms with Crippen molar-refractivity contribution in [1.29, 1.82) is 0 Å². The molecule has 0 radical (unpaired) electrons. The highest BCUT2D eigenvalue weighted by molar-refractivity contribution is 5.82. The van der Waals surface area contributed by atoms with E-state index in [9.17, 15) is 4.39 Å². The first-order valence-corrected chi connectivity index (χ1v) is 5.00. The zero-order chi connectivity index (χ0) is 11.0. The Morgan fingerprint density at radius 1 is 1.20 bits per heavy atom. The second-order valence-corrected chi connectivity index (χ2v) is 4.05. The van der Waals surface area contributed by atoms with Gasteiger partial charge in [-0.25, -0.2) is 14.4 Å². The lowest BCUT2D eigenvalue weighted by molar-refractivity contribution is 0.634. The summed E-state index contributed by atoms with van der Waals surface area (Å²) in [6.45, 7) is 5.86. The maximum Gasteiger partial charge on any atom is 0.134 e. The summed E-state index contributed by atoms with van der Waals surface area (Å²) in [5.41, 5.74) is 2.34. The lowest BCUT2D eigenvalue weighted by atomic mass is 10.0. The van der Waals surface area contributed by atoms with Crippen LogP contribution in [0.25, 0.3) is 10.9 Å². The Bertz CT molecular complexity index is 506. The number of fused-ring (bicyclic) bond motifs is 1. The van der Waals surface area contributed by atoms with E-state index in [0.717, 1.165) is 11.3 Å². The number of benzene rings is 1. The van der Waals surface area contributed by atoms with Crippen molar-refractivity contribution in [2.75, 3.05) is 0 Å². The standard InChI is InChI=1S/C12H13FN2/c1-7(2)12-11-9(13)4-8(3)5-10(11)14-6-15-12/h4-7H,1-3H3. The van der Waals surface area contributed by atoms with Crippen molar-refractivity contribution < 1.29 is 4.39 Å². The summed E-state index contributed by atoms with van der Waals surface area (Å²) in [5, 5.41) is 0.554. The van der Waals surface area contributed by atoms with Crippen LogP contribution in [0.2, 0.25) is 0 Å². The van der Waals surface area contributed by atoms with Crippen LogP contribution in [0.4, 0.5) is 4.39 Å². The molecule has 15 heavy (non-hydrogen) atoms. The molecule has 0 aliphatic rings. The summed E-state index contributed by atoms with van der Waals surface area (Å²) in [7, 11) is 0. The van der Waals surface area contributed by atoms with Gasteiger partial charge in [-0.05, 0) is 30.5 Å². The van der Waals surface area contributed by atoms with Crippen LogP contribution in [0.1, 0.15) is 31.0 Å². The average molecular weight is 204 g/mol. The molecule has 1 heterocycles. The second kappa shape index (κ2) is 3.57. The summed E-state index contributed by atoms with van der Waals surface area (Å²) < 4.78 is 13.8. The summed E-state index contributed by atoms with van der Waals surface area (Å²) in [4.78, 5) is 8.24. The molecule has 1 aromatic heterocycles. The van der Waals surface area contributed by atoms with Crippen LogP contribution in [0, 0.1) is 12.7 Å². The Hall–Kier alpha value is -1.51. The van der Waals surface area contributed by atoms with Crippen molar-refractivity contribution in [1.82, 2.24) is 9.97 Å². The first-order chi connectivity index (χ1) is 7.09. The van der Waals surface area contributed by atoms with Gasteiger partial charge in [-0.2, -0.15) is 0 Å². The fraction of sp³-hybridized carbons (Fsp3) is 0.333. The molecule has 0 atom stereocenters. The molecule has 3 heteroatoms. The van der Waals surface area contributed by atoms with E-state index in [4.69, 9.17) is 0 Å². The third-order valence-corrected chi connectivity index (χ3v) is 2.41. The first-order valence-electron chi connectivity index (χ1n) is 5.00. The van der Waals surface area contributed by atoms with Crippen molar-refractivity contribution >= 4 is 10.9 Å². The van der Waals surface area contributed by atoms with Crippen molar-refractivity contribution in [3.63, 3.8) is 0 Å². The molecular formula is C12H13FN2. The van der Waals surface area contributed by atoms with Gasteiger partial charge in [-0.1, -0.05) is 13.8 Å². The minimum atomic E-state index is -0.228. The number of aryl methyl sites for hydroxylation is 1. The van der Waals surface area contributed by atoms with Crippen molar-refractivity contribution in [2.24, 2.45) is 0 Å². The van der Waals surface area contributed by atoms with E-state index in [1.807, 2.05) is 26.8 Å². The van der Waals surface area contributed by atoms with Gasteiger partial charge in [0.1, 0.15) is 12.1 Å². The SMILES string of the molecule is Cc1cc(F)c2c(C(C)C)ncnc2c1. The number of rotatable bonds is 1. The predicted molar refractivity (Wildman–Crippen MR) is 58.3 cm³/mol. The number of nitrogens with zero attached hydrogens (tertiary/aromatic N) is 2. The minimum absolute atomic E-state index is 0.202. The van der Waals surface area contributed by atoms with Crippen LogP contribution in [0.5, 0.6) is 0 Å². The lowest BCUT2D eigenvalue weighted by Gasteiger charge is -2.09. The van der Waals surface area contributed by atoms with E-state index in [0.29, 0.717) is 10.9 Å². The van der Waals surface area contributed by atoms with E-state index in [2.05, 4.69) is 9.97 Å². The van der Waals surface area contributed by atoms with Gasteiger partial charge in [0, 0.05) is 0 Å². The molecule has 0 fully saturated rings. The molecular weight excluding hydrogens is 191 g/mol. The highest BCUT2D eigenvalue weighted by atomic mass is 19.1. The van der Waals surface area contributed by atoms with E-state index >= 15 is 0 Å². The zero-order valence-electron chi connectivity index (χ0n) is 9.08. The first kappa shape index (κ1) is 10.0. The molecule has 78 valence electrons. The van der Waals surface area contributed by atoms with Crippen LogP contribution >= 0.6 is 0 Å². The number of hydrogen-bond acceptors (Lipinski definition) is 2. The van der Waals surface area contributed by atoms with E-state index in [1.165, 1.54) is 12.4 Å². The predicted octanol–water partition coefficient (Wildman–Crippen LogP) is 3.20. The topological polar surface area (TPSA) is 25.8 Å². The Morgan fingerprint density at radius 2 is 1.93 bits per heavy atom. The number of halogens is 1. The summed E-state index contributed by atoms with van der Waals surface area (Å²) in [5.74, 6) is -0.0259. The normalized spacial score (nSPS) is 11.3. The summed E-state index contributed by atoms with van der Waals surface area (Å²) in [6.07, 6.45) is 1.50.